The maximum atomic E-state index is 8.69. The molecule has 2 N–H and O–H groups in total. The van der Waals surface area contributed by atoms with Crippen LogP contribution in [0.3, 0.4) is 0 Å². The summed E-state index contributed by atoms with van der Waals surface area (Å²) in [5, 5.41) is 12.7. The molecule has 0 aliphatic heterocycles. The number of nitrogens with one attached hydrogen (secondary N) is 1. The minimum absolute atomic E-state index is 0.202. The lowest BCUT2D eigenvalue weighted by atomic mass is 10.2. The van der Waals surface area contributed by atoms with Crippen LogP contribution >= 0.6 is 11.5 Å². The molecule has 0 amide bonds. The summed E-state index contributed by atoms with van der Waals surface area (Å²) in [7, 11) is 0. The first kappa shape index (κ1) is 10.4. The molecule has 0 spiro atoms. The Morgan fingerprint density at radius 2 is 2.38 bits per heavy atom. The van der Waals surface area contributed by atoms with Gasteiger partial charge in [0.1, 0.15) is 5.82 Å². The molecule has 0 aliphatic rings. The number of aliphatic hydroxyl groups is 1. The molecular formula is C8H15N3OS. The molecule has 4 nitrogen and oxygen atoms in total. The van der Waals surface area contributed by atoms with Gasteiger partial charge in [0.2, 0.25) is 5.13 Å². The molecule has 1 rings (SSSR count). The first-order valence-electron chi connectivity index (χ1n) is 4.46. The Hall–Kier alpha value is -0.680. The smallest absolute Gasteiger partial charge is 0.202 e. The number of aryl methyl sites for hydroxylation is 1. The van der Waals surface area contributed by atoms with Crippen molar-refractivity contribution in [1.82, 2.24) is 9.36 Å². The fourth-order valence-corrected chi connectivity index (χ4v) is 1.69. The van der Waals surface area contributed by atoms with Crippen LogP contribution in [0.1, 0.15) is 26.1 Å². The molecule has 74 valence electrons. The van der Waals surface area contributed by atoms with Gasteiger partial charge in [0, 0.05) is 30.6 Å². The topological polar surface area (TPSA) is 58.0 Å². The van der Waals surface area contributed by atoms with Crippen LogP contribution in [0.25, 0.3) is 0 Å². The van der Waals surface area contributed by atoms with Crippen molar-refractivity contribution >= 4 is 16.7 Å². The fraction of sp³-hybridized carbons (Fsp3) is 0.750. The molecule has 1 unspecified atom stereocenters. The van der Waals surface area contributed by atoms with Crippen molar-refractivity contribution < 1.29 is 5.11 Å². The summed E-state index contributed by atoms with van der Waals surface area (Å²) in [6.45, 7) is 4.25. The molecule has 0 fully saturated rings. The van der Waals surface area contributed by atoms with E-state index in [9.17, 15) is 0 Å². The van der Waals surface area contributed by atoms with Crippen LogP contribution in [0.5, 0.6) is 0 Å². The van der Waals surface area contributed by atoms with Gasteiger partial charge in [0.05, 0.1) is 0 Å². The van der Waals surface area contributed by atoms with Crippen molar-refractivity contribution in [2.45, 2.75) is 32.7 Å². The van der Waals surface area contributed by atoms with Gasteiger partial charge >= 0.3 is 0 Å². The molecule has 0 aromatic carbocycles. The predicted molar refractivity (Wildman–Crippen MR) is 54.1 cm³/mol. The van der Waals surface area contributed by atoms with Gasteiger partial charge in [-0.1, -0.05) is 6.92 Å². The molecular weight excluding hydrogens is 186 g/mol. The highest BCUT2D eigenvalue weighted by Gasteiger charge is 2.05. The number of aromatic nitrogens is 2. The Morgan fingerprint density at radius 3 is 2.92 bits per heavy atom. The van der Waals surface area contributed by atoms with Crippen molar-refractivity contribution in [1.29, 1.82) is 0 Å². The third-order valence-electron chi connectivity index (χ3n) is 1.72. The van der Waals surface area contributed by atoms with Crippen molar-refractivity contribution in [3.05, 3.63) is 5.82 Å². The number of rotatable bonds is 5. The van der Waals surface area contributed by atoms with Gasteiger partial charge in [0.15, 0.2) is 0 Å². The third kappa shape index (κ3) is 3.28. The van der Waals surface area contributed by atoms with Crippen LogP contribution in [0.2, 0.25) is 0 Å². The van der Waals surface area contributed by atoms with Gasteiger partial charge < -0.3 is 10.4 Å². The standard InChI is InChI=1S/C8H15N3OS/c1-3-7-10-8(13-11-7)9-6(2)4-5-12/h6,12H,3-5H2,1-2H3,(H,9,10,11). The van der Waals surface area contributed by atoms with E-state index in [0.29, 0.717) is 0 Å². The summed E-state index contributed by atoms with van der Waals surface area (Å²) >= 11 is 1.37. The zero-order valence-electron chi connectivity index (χ0n) is 7.95. The van der Waals surface area contributed by atoms with Crippen LogP contribution in [0, 0.1) is 0 Å². The van der Waals surface area contributed by atoms with E-state index in [4.69, 9.17) is 5.11 Å². The van der Waals surface area contributed by atoms with Crippen LogP contribution < -0.4 is 5.32 Å². The molecule has 0 saturated heterocycles. The summed E-state index contributed by atoms with van der Waals surface area (Å²) in [5.41, 5.74) is 0. The van der Waals surface area contributed by atoms with Crippen LogP contribution in [0.4, 0.5) is 5.13 Å². The number of aliphatic hydroxyl groups excluding tert-OH is 1. The van der Waals surface area contributed by atoms with E-state index in [1.165, 1.54) is 11.5 Å². The summed E-state index contributed by atoms with van der Waals surface area (Å²) in [6.07, 6.45) is 1.60. The van der Waals surface area contributed by atoms with E-state index in [-0.39, 0.29) is 12.6 Å². The Morgan fingerprint density at radius 1 is 1.62 bits per heavy atom. The molecule has 1 heterocycles. The molecule has 13 heavy (non-hydrogen) atoms. The average molecular weight is 201 g/mol. The third-order valence-corrected chi connectivity index (χ3v) is 2.40. The predicted octanol–water partition coefficient (Wildman–Crippen LogP) is 1.28. The summed E-state index contributed by atoms with van der Waals surface area (Å²) in [5.74, 6) is 0.878. The van der Waals surface area contributed by atoms with Crippen LogP contribution in [0.15, 0.2) is 0 Å². The first-order valence-corrected chi connectivity index (χ1v) is 5.23. The second-order valence-corrected chi connectivity index (χ2v) is 3.68. The largest absolute Gasteiger partial charge is 0.396 e. The highest BCUT2D eigenvalue weighted by Crippen LogP contribution is 2.13. The van der Waals surface area contributed by atoms with Gasteiger partial charge in [-0.05, 0) is 13.3 Å². The summed E-state index contributed by atoms with van der Waals surface area (Å²) in [6, 6.07) is 0.252. The van der Waals surface area contributed by atoms with Gasteiger partial charge in [-0.15, -0.1) is 0 Å². The zero-order valence-corrected chi connectivity index (χ0v) is 8.77. The van der Waals surface area contributed by atoms with Crippen molar-refractivity contribution in [2.24, 2.45) is 0 Å². The fourth-order valence-electron chi connectivity index (χ4n) is 0.933. The maximum Gasteiger partial charge on any atom is 0.202 e. The Kier molecular flexibility index (Phi) is 4.11. The van der Waals surface area contributed by atoms with Gasteiger partial charge in [-0.3, -0.25) is 0 Å². The van der Waals surface area contributed by atoms with E-state index >= 15 is 0 Å². The van der Waals surface area contributed by atoms with E-state index in [0.717, 1.165) is 23.8 Å². The zero-order chi connectivity index (χ0) is 9.68. The Balaban J connectivity index is 2.44. The van der Waals surface area contributed by atoms with Crippen molar-refractivity contribution in [3.8, 4) is 0 Å². The number of nitrogens with zero attached hydrogens (tertiary/aromatic N) is 2. The average Bonchev–Trinajstić information content (AvgIpc) is 2.52. The van der Waals surface area contributed by atoms with Crippen molar-refractivity contribution in [3.63, 3.8) is 0 Å². The van der Waals surface area contributed by atoms with Crippen molar-refractivity contribution in [2.75, 3.05) is 11.9 Å². The minimum Gasteiger partial charge on any atom is -0.396 e. The highest BCUT2D eigenvalue weighted by atomic mass is 32.1. The van der Waals surface area contributed by atoms with Crippen LogP contribution in [-0.2, 0) is 6.42 Å². The molecule has 0 aliphatic carbocycles. The highest BCUT2D eigenvalue weighted by molar-refractivity contribution is 7.09. The number of anilines is 1. The first-order chi connectivity index (χ1) is 6.26. The molecule has 5 heteroatoms. The van der Waals surface area contributed by atoms with Gasteiger partial charge in [-0.2, -0.15) is 4.37 Å². The molecule has 1 atom stereocenters. The monoisotopic (exact) mass is 201 g/mol. The Bertz CT molecular complexity index is 251. The van der Waals surface area contributed by atoms with E-state index in [1.54, 1.807) is 0 Å². The lowest BCUT2D eigenvalue weighted by molar-refractivity contribution is 0.282. The molecule has 1 aromatic heterocycles. The summed E-state index contributed by atoms with van der Waals surface area (Å²) in [4.78, 5) is 4.27. The van der Waals surface area contributed by atoms with Crippen LogP contribution in [-0.4, -0.2) is 27.1 Å². The van der Waals surface area contributed by atoms with E-state index in [1.807, 2.05) is 13.8 Å². The van der Waals surface area contributed by atoms with E-state index < -0.39 is 0 Å². The second-order valence-electron chi connectivity index (χ2n) is 2.93. The lowest BCUT2D eigenvalue weighted by Crippen LogP contribution is -2.16. The van der Waals surface area contributed by atoms with Gasteiger partial charge in [-0.25, -0.2) is 4.98 Å². The number of hydrogen-bond donors (Lipinski definition) is 2. The maximum absolute atomic E-state index is 8.69. The molecule has 1 aromatic rings. The van der Waals surface area contributed by atoms with Gasteiger partial charge in [0.25, 0.3) is 0 Å². The molecule has 0 radical (unpaired) electrons. The normalized spacial score (nSPS) is 12.8. The minimum atomic E-state index is 0.202. The second kappa shape index (κ2) is 5.14. The molecule has 0 bridgehead atoms. The van der Waals surface area contributed by atoms with E-state index in [2.05, 4.69) is 14.7 Å². The lowest BCUT2D eigenvalue weighted by Gasteiger charge is -2.09. The SMILES string of the molecule is CCc1nsc(NC(C)CCO)n1. The molecule has 0 saturated carbocycles. The number of hydrogen-bond acceptors (Lipinski definition) is 5. The summed E-state index contributed by atoms with van der Waals surface area (Å²) < 4.78 is 4.15. The Labute approximate surface area is 82.2 Å². The quantitative estimate of drug-likeness (QED) is 0.753.